The second kappa shape index (κ2) is 11.8. The van der Waals surface area contributed by atoms with E-state index in [1.807, 2.05) is 12.1 Å². The van der Waals surface area contributed by atoms with Crippen LogP contribution in [0.3, 0.4) is 0 Å². The molecule has 2 aromatic carbocycles. The number of amides is 2. The Balaban J connectivity index is 1.49. The number of methoxy groups -OCH3 is 3. The Labute approximate surface area is 240 Å². The molecule has 41 heavy (non-hydrogen) atoms. The van der Waals surface area contributed by atoms with E-state index in [0.717, 1.165) is 23.1 Å². The molecule has 0 aromatic heterocycles. The molecular formula is C32H39N3O6. The lowest BCUT2D eigenvalue weighted by Gasteiger charge is -2.20. The van der Waals surface area contributed by atoms with Gasteiger partial charge in [0.1, 0.15) is 6.04 Å². The van der Waals surface area contributed by atoms with Gasteiger partial charge in [0.25, 0.3) is 0 Å². The molecule has 218 valence electrons. The lowest BCUT2D eigenvalue weighted by Crippen LogP contribution is -2.41. The first-order valence-corrected chi connectivity index (χ1v) is 14.2. The van der Waals surface area contributed by atoms with E-state index in [2.05, 4.69) is 28.1 Å². The zero-order valence-corrected chi connectivity index (χ0v) is 24.3. The maximum atomic E-state index is 13.5. The van der Waals surface area contributed by atoms with Crippen molar-refractivity contribution in [1.82, 2.24) is 10.6 Å². The lowest BCUT2D eigenvalue weighted by molar-refractivity contribution is -0.122. The van der Waals surface area contributed by atoms with Gasteiger partial charge in [0.2, 0.25) is 23.0 Å². The second-order valence-corrected chi connectivity index (χ2v) is 11.2. The minimum absolute atomic E-state index is 0.149. The quantitative estimate of drug-likeness (QED) is 0.397. The standard InChI is InChI=1S/C32H39N3O6/c1-17(32(38)33-16-22-13-19-6-7-20(22)12-19)34-26-11-9-23-24(15-27(26)37)25(35-18(2)36)10-8-21-14-28(39-3)30(40-4)31(41-5)29(21)23/h6-7,9,11,14-15,17,19-20,22,25H,8,10,12-13,16H2,1-5H3,(H,33,38)(H,34,37)(H,35,36)/t17-,19?,20?,22?,25-/m0/s1. The highest BCUT2D eigenvalue weighted by Gasteiger charge is 2.36. The summed E-state index contributed by atoms with van der Waals surface area (Å²) in [6, 6.07) is 5.99. The highest BCUT2D eigenvalue weighted by molar-refractivity contribution is 5.85. The number of hydrogen-bond donors (Lipinski definition) is 3. The largest absolute Gasteiger partial charge is 0.493 e. The van der Waals surface area contributed by atoms with Crippen LogP contribution in [0.1, 0.15) is 50.3 Å². The van der Waals surface area contributed by atoms with Crippen molar-refractivity contribution in [1.29, 1.82) is 0 Å². The summed E-state index contributed by atoms with van der Waals surface area (Å²) in [5.74, 6) is 2.80. The van der Waals surface area contributed by atoms with Crippen LogP contribution in [0.5, 0.6) is 17.2 Å². The van der Waals surface area contributed by atoms with Crippen LogP contribution in [0.25, 0.3) is 11.1 Å². The highest BCUT2D eigenvalue weighted by Crippen LogP contribution is 2.50. The first-order chi connectivity index (χ1) is 19.7. The number of anilines is 1. The van der Waals surface area contributed by atoms with Gasteiger partial charge in [-0.05, 0) is 85.3 Å². The number of carbonyl (C=O) groups is 2. The van der Waals surface area contributed by atoms with Crippen LogP contribution in [0.2, 0.25) is 0 Å². The minimum atomic E-state index is -0.614. The molecule has 5 rings (SSSR count). The minimum Gasteiger partial charge on any atom is -0.493 e. The van der Waals surface area contributed by atoms with E-state index in [1.54, 1.807) is 40.4 Å². The fourth-order valence-corrected chi connectivity index (χ4v) is 6.64. The van der Waals surface area contributed by atoms with Gasteiger partial charge in [-0.2, -0.15) is 0 Å². The molecule has 0 saturated heterocycles. The summed E-state index contributed by atoms with van der Waals surface area (Å²) in [5, 5.41) is 9.21. The van der Waals surface area contributed by atoms with Crippen molar-refractivity contribution < 1.29 is 23.8 Å². The van der Waals surface area contributed by atoms with Crippen molar-refractivity contribution in [2.24, 2.45) is 17.8 Å². The van der Waals surface area contributed by atoms with Gasteiger partial charge in [-0.3, -0.25) is 14.4 Å². The van der Waals surface area contributed by atoms with Gasteiger partial charge in [-0.1, -0.05) is 18.2 Å². The number of fused-ring (bicyclic) bond motifs is 5. The Hall–Kier alpha value is -4.01. The van der Waals surface area contributed by atoms with E-state index in [4.69, 9.17) is 14.2 Å². The summed E-state index contributed by atoms with van der Waals surface area (Å²) in [5.41, 5.74) is 3.16. The number of nitrogens with one attached hydrogen (secondary N) is 3. The van der Waals surface area contributed by atoms with E-state index in [1.165, 1.54) is 13.3 Å². The Morgan fingerprint density at radius 1 is 1.02 bits per heavy atom. The third-order valence-corrected chi connectivity index (χ3v) is 8.64. The first-order valence-electron chi connectivity index (χ1n) is 14.2. The van der Waals surface area contributed by atoms with Crippen molar-refractivity contribution in [3.63, 3.8) is 0 Å². The van der Waals surface area contributed by atoms with Crippen LogP contribution < -0.4 is 35.6 Å². The average Bonchev–Trinajstić information content (AvgIpc) is 3.51. The number of benzene rings is 1. The fourth-order valence-electron chi connectivity index (χ4n) is 6.64. The maximum absolute atomic E-state index is 13.5. The number of hydrogen-bond acceptors (Lipinski definition) is 7. The molecule has 3 N–H and O–H groups in total. The smallest absolute Gasteiger partial charge is 0.242 e. The molecule has 1 fully saturated rings. The van der Waals surface area contributed by atoms with Crippen molar-refractivity contribution in [3.05, 3.63) is 57.8 Å². The molecule has 5 atom stereocenters. The van der Waals surface area contributed by atoms with Gasteiger partial charge in [-0.15, -0.1) is 0 Å². The summed E-state index contributed by atoms with van der Waals surface area (Å²) < 4.78 is 17.1. The summed E-state index contributed by atoms with van der Waals surface area (Å²) in [6.45, 7) is 3.85. The lowest BCUT2D eigenvalue weighted by atomic mass is 9.93. The molecule has 2 aromatic rings. The van der Waals surface area contributed by atoms with E-state index in [0.29, 0.717) is 65.6 Å². The van der Waals surface area contributed by atoms with E-state index in [-0.39, 0.29) is 17.2 Å². The molecular weight excluding hydrogens is 522 g/mol. The van der Waals surface area contributed by atoms with Crippen molar-refractivity contribution >= 4 is 17.5 Å². The molecule has 0 spiro atoms. The molecule has 0 radical (unpaired) electrons. The first kappa shape index (κ1) is 28.5. The Kier molecular flexibility index (Phi) is 8.24. The molecule has 9 nitrogen and oxygen atoms in total. The third kappa shape index (κ3) is 5.62. The van der Waals surface area contributed by atoms with E-state index in [9.17, 15) is 14.4 Å². The van der Waals surface area contributed by atoms with Gasteiger partial charge in [0.15, 0.2) is 11.5 Å². The molecule has 0 heterocycles. The molecule has 2 amide bonds. The van der Waals surface area contributed by atoms with Gasteiger partial charge < -0.3 is 30.2 Å². The summed E-state index contributed by atoms with van der Waals surface area (Å²) in [4.78, 5) is 38.7. The van der Waals surface area contributed by atoms with Crippen LogP contribution >= 0.6 is 0 Å². The molecule has 3 unspecified atom stereocenters. The highest BCUT2D eigenvalue weighted by atomic mass is 16.5. The fraction of sp³-hybridized carbons (Fsp3) is 0.469. The van der Waals surface area contributed by atoms with E-state index >= 15 is 0 Å². The van der Waals surface area contributed by atoms with Crippen molar-refractivity contribution in [2.75, 3.05) is 33.2 Å². The van der Waals surface area contributed by atoms with Gasteiger partial charge in [0.05, 0.1) is 33.1 Å². The maximum Gasteiger partial charge on any atom is 0.242 e. The zero-order valence-electron chi connectivity index (χ0n) is 24.3. The summed E-state index contributed by atoms with van der Waals surface area (Å²) in [6.07, 6.45) is 8.05. The van der Waals surface area contributed by atoms with Gasteiger partial charge >= 0.3 is 0 Å². The normalized spacial score (nSPS) is 22.6. The molecule has 0 aliphatic heterocycles. The van der Waals surface area contributed by atoms with E-state index < -0.39 is 12.1 Å². The number of ether oxygens (including phenoxy) is 3. The summed E-state index contributed by atoms with van der Waals surface area (Å²) in [7, 11) is 4.69. The number of carbonyl (C=O) groups excluding carboxylic acids is 2. The summed E-state index contributed by atoms with van der Waals surface area (Å²) >= 11 is 0. The molecule has 3 aliphatic carbocycles. The average molecular weight is 562 g/mol. The number of aryl methyl sites for hydroxylation is 1. The van der Waals surface area contributed by atoms with Gasteiger partial charge in [0, 0.05) is 19.0 Å². The molecule has 3 aliphatic rings. The predicted molar refractivity (Wildman–Crippen MR) is 158 cm³/mol. The second-order valence-electron chi connectivity index (χ2n) is 11.2. The zero-order chi connectivity index (χ0) is 29.3. The topological polar surface area (TPSA) is 115 Å². The predicted octanol–water partition coefficient (Wildman–Crippen LogP) is 3.99. The Morgan fingerprint density at radius 3 is 2.44 bits per heavy atom. The van der Waals surface area contributed by atoms with Crippen LogP contribution in [-0.4, -0.2) is 45.7 Å². The molecule has 2 bridgehead atoms. The van der Waals surface area contributed by atoms with Crippen molar-refractivity contribution in [3.8, 4) is 28.4 Å². The van der Waals surface area contributed by atoms with Gasteiger partial charge in [-0.25, -0.2) is 0 Å². The van der Waals surface area contributed by atoms with Crippen molar-refractivity contribution in [2.45, 2.75) is 51.6 Å². The number of allylic oxidation sites excluding steroid dienone is 2. The third-order valence-electron chi connectivity index (χ3n) is 8.64. The monoisotopic (exact) mass is 561 g/mol. The van der Waals surface area contributed by atoms with Crippen LogP contribution in [0, 0.1) is 17.8 Å². The SMILES string of the molecule is COc1cc2c(c(OC)c1OC)-c1ccc(N[C@@H](C)C(=O)NCC3CC4C=CC3C4)c(=O)cc1[C@@H](NC(C)=O)CC2. The molecule has 1 saturated carbocycles. The molecule has 9 heteroatoms. The van der Waals surface area contributed by atoms with Crippen LogP contribution in [0.4, 0.5) is 5.69 Å². The Bertz CT molecular complexity index is 1440. The van der Waals surface area contributed by atoms with Crippen LogP contribution in [0.15, 0.2) is 41.2 Å². The number of rotatable bonds is 9. The Morgan fingerprint density at radius 2 is 1.80 bits per heavy atom. The van der Waals surface area contributed by atoms with Crippen LogP contribution in [-0.2, 0) is 16.0 Å².